The number of ether oxygens (including phenoxy) is 1. The molecule has 0 aliphatic rings. The van der Waals surface area contributed by atoms with Crippen LogP contribution in [0.1, 0.15) is 0 Å². The van der Waals surface area contributed by atoms with E-state index in [1.54, 1.807) is 31.4 Å². The first-order valence-electron chi connectivity index (χ1n) is 7.31. The highest BCUT2D eigenvalue weighted by Gasteiger charge is 2.24. The van der Waals surface area contributed by atoms with Crippen LogP contribution in [-0.4, -0.2) is 22.0 Å². The van der Waals surface area contributed by atoms with Crippen molar-refractivity contribution in [2.75, 3.05) is 12.4 Å². The van der Waals surface area contributed by atoms with Crippen molar-refractivity contribution in [2.24, 2.45) is 0 Å². The Morgan fingerprint density at radius 1 is 1.12 bits per heavy atom. The van der Waals surface area contributed by atoms with Gasteiger partial charge in [-0.25, -0.2) is 9.97 Å². The third kappa shape index (κ3) is 4.04. The van der Waals surface area contributed by atoms with Gasteiger partial charge in [-0.3, -0.25) is 10.1 Å². The normalized spacial score (nSPS) is 10.3. The summed E-state index contributed by atoms with van der Waals surface area (Å²) in [4.78, 5) is 20.1. The van der Waals surface area contributed by atoms with Gasteiger partial charge in [0.15, 0.2) is 5.03 Å². The van der Waals surface area contributed by atoms with Gasteiger partial charge in [0.05, 0.1) is 12.0 Å². The van der Waals surface area contributed by atoms with E-state index < -0.39 is 4.92 Å². The number of methoxy groups -OCH3 is 1. The predicted octanol–water partition coefficient (Wildman–Crippen LogP) is 4.29. The van der Waals surface area contributed by atoms with Crippen LogP contribution in [0.25, 0.3) is 0 Å². The maximum absolute atomic E-state index is 11.6. The summed E-state index contributed by atoms with van der Waals surface area (Å²) in [5.74, 6) is 0.771. The zero-order chi connectivity index (χ0) is 17.6. The highest BCUT2D eigenvalue weighted by atomic mass is 32.2. The Morgan fingerprint density at radius 3 is 2.64 bits per heavy atom. The van der Waals surface area contributed by atoms with Crippen molar-refractivity contribution in [3.05, 3.63) is 71.0 Å². The number of anilines is 2. The second-order valence-electron chi connectivity index (χ2n) is 4.91. The molecular weight excluding hydrogens is 340 g/mol. The highest BCUT2D eigenvalue weighted by molar-refractivity contribution is 7.99. The zero-order valence-electron chi connectivity index (χ0n) is 13.2. The Kier molecular flexibility index (Phi) is 5.10. The van der Waals surface area contributed by atoms with E-state index in [0.717, 1.165) is 4.90 Å². The number of hydrogen-bond acceptors (Lipinski definition) is 7. The Hall–Kier alpha value is -3.13. The number of nitrogens with one attached hydrogen (secondary N) is 1. The maximum atomic E-state index is 11.6. The first-order valence-corrected chi connectivity index (χ1v) is 8.12. The average Bonchev–Trinajstić information content (AvgIpc) is 2.62. The van der Waals surface area contributed by atoms with Gasteiger partial charge in [-0.1, -0.05) is 36.0 Å². The lowest BCUT2D eigenvalue weighted by Crippen LogP contribution is -2.03. The number of nitro groups is 1. The number of nitrogens with zero attached hydrogens (tertiary/aromatic N) is 3. The van der Waals surface area contributed by atoms with Crippen LogP contribution in [0.2, 0.25) is 0 Å². The van der Waals surface area contributed by atoms with Crippen molar-refractivity contribution >= 4 is 29.0 Å². The smallest absolute Gasteiger partial charge is 0.343 e. The molecule has 0 spiro atoms. The summed E-state index contributed by atoms with van der Waals surface area (Å²) in [6.07, 6.45) is 1.31. The van der Waals surface area contributed by atoms with Gasteiger partial charge in [0.1, 0.15) is 12.1 Å². The van der Waals surface area contributed by atoms with Crippen molar-refractivity contribution < 1.29 is 9.66 Å². The van der Waals surface area contributed by atoms with Crippen molar-refractivity contribution in [2.45, 2.75) is 9.92 Å². The minimum Gasteiger partial charge on any atom is -0.497 e. The molecule has 0 unspecified atom stereocenters. The van der Waals surface area contributed by atoms with E-state index in [2.05, 4.69) is 15.3 Å². The summed E-state index contributed by atoms with van der Waals surface area (Å²) in [5.41, 5.74) is 0.469. The van der Waals surface area contributed by atoms with Gasteiger partial charge in [0.25, 0.3) is 0 Å². The van der Waals surface area contributed by atoms with Crippen LogP contribution in [0.15, 0.2) is 70.8 Å². The zero-order valence-corrected chi connectivity index (χ0v) is 14.1. The van der Waals surface area contributed by atoms with Crippen LogP contribution in [0.4, 0.5) is 17.2 Å². The van der Waals surface area contributed by atoms with E-state index in [1.807, 2.05) is 30.3 Å². The average molecular weight is 354 g/mol. The van der Waals surface area contributed by atoms with Crippen LogP contribution < -0.4 is 10.1 Å². The van der Waals surface area contributed by atoms with Crippen molar-refractivity contribution in [3.63, 3.8) is 0 Å². The maximum Gasteiger partial charge on any atom is 0.343 e. The minimum absolute atomic E-state index is 0.131. The third-order valence-electron chi connectivity index (χ3n) is 3.26. The van der Waals surface area contributed by atoms with Crippen LogP contribution in [-0.2, 0) is 0 Å². The lowest BCUT2D eigenvalue weighted by molar-refractivity contribution is -0.387. The lowest BCUT2D eigenvalue weighted by atomic mass is 10.3. The molecule has 2 aromatic carbocycles. The van der Waals surface area contributed by atoms with Crippen molar-refractivity contribution in [1.82, 2.24) is 9.97 Å². The number of aromatic nitrogens is 2. The largest absolute Gasteiger partial charge is 0.497 e. The van der Waals surface area contributed by atoms with E-state index in [0.29, 0.717) is 11.4 Å². The second-order valence-corrected chi connectivity index (χ2v) is 5.97. The molecule has 3 rings (SSSR count). The van der Waals surface area contributed by atoms with Gasteiger partial charge >= 0.3 is 5.69 Å². The number of rotatable bonds is 6. The molecule has 8 heteroatoms. The summed E-state index contributed by atoms with van der Waals surface area (Å²) >= 11 is 1.22. The van der Waals surface area contributed by atoms with Crippen molar-refractivity contribution in [3.8, 4) is 5.75 Å². The molecule has 0 aliphatic heterocycles. The summed E-state index contributed by atoms with van der Waals surface area (Å²) in [7, 11) is 1.56. The molecule has 0 saturated heterocycles. The molecule has 0 amide bonds. The van der Waals surface area contributed by atoms with Gasteiger partial charge in [0.2, 0.25) is 5.82 Å². The van der Waals surface area contributed by atoms with E-state index in [1.165, 1.54) is 18.1 Å². The molecular formula is C17H14N4O3S. The molecule has 0 saturated carbocycles. The van der Waals surface area contributed by atoms with Gasteiger partial charge in [-0.05, 0) is 24.3 Å². The Bertz CT molecular complexity index is 890. The summed E-state index contributed by atoms with van der Waals surface area (Å²) in [5, 5.41) is 14.8. The van der Waals surface area contributed by atoms with Crippen LogP contribution in [0.5, 0.6) is 5.75 Å². The van der Waals surface area contributed by atoms with Gasteiger partial charge in [-0.15, -0.1) is 0 Å². The summed E-state index contributed by atoms with van der Waals surface area (Å²) in [6.45, 7) is 0. The van der Waals surface area contributed by atoms with E-state index >= 15 is 0 Å². The fraction of sp³-hybridized carbons (Fsp3) is 0.0588. The molecule has 0 fully saturated rings. The monoisotopic (exact) mass is 354 g/mol. The van der Waals surface area contributed by atoms with E-state index in [4.69, 9.17) is 4.74 Å². The molecule has 126 valence electrons. The molecule has 3 aromatic rings. The van der Waals surface area contributed by atoms with E-state index in [9.17, 15) is 10.1 Å². The molecule has 0 aliphatic carbocycles. The molecule has 1 aromatic heterocycles. The number of benzene rings is 2. The standard InChI is InChI=1S/C17H14N4O3S/c1-24-13-7-5-6-12(10-13)20-16-15(21(22)23)17(19-11-18-16)25-14-8-3-2-4-9-14/h2-11H,1H3,(H,18,19,20). The van der Waals surface area contributed by atoms with E-state index in [-0.39, 0.29) is 16.5 Å². The van der Waals surface area contributed by atoms with Gasteiger partial charge in [-0.2, -0.15) is 0 Å². The molecule has 0 radical (unpaired) electrons. The SMILES string of the molecule is COc1cccc(Nc2ncnc(Sc3ccccc3)c2[N+](=O)[O-])c1. The topological polar surface area (TPSA) is 90.2 Å². The van der Waals surface area contributed by atoms with Crippen LogP contribution in [0.3, 0.4) is 0 Å². The molecule has 0 atom stereocenters. The first kappa shape index (κ1) is 16.7. The van der Waals surface area contributed by atoms with Crippen LogP contribution in [0, 0.1) is 10.1 Å². The Labute approximate surface area is 148 Å². The van der Waals surface area contributed by atoms with Gasteiger partial charge < -0.3 is 10.1 Å². The van der Waals surface area contributed by atoms with Crippen LogP contribution >= 0.6 is 11.8 Å². The van der Waals surface area contributed by atoms with Gasteiger partial charge in [0, 0.05) is 16.6 Å². The summed E-state index contributed by atoms with van der Waals surface area (Å²) < 4.78 is 5.16. The fourth-order valence-electron chi connectivity index (χ4n) is 2.13. The quantitative estimate of drug-likeness (QED) is 0.401. The van der Waals surface area contributed by atoms with Crippen molar-refractivity contribution in [1.29, 1.82) is 0 Å². The Balaban J connectivity index is 1.96. The first-order chi connectivity index (χ1) is 12.2. The Morgan fingerprint density at radius 2 is 1.92 bits per heavy atom. The minimum atomic E-state index is -0.478. The molecule has 0 bridgehead atoms. The summed E-state index contributed by atoms with van der Waals surface area (Å²) in [6, 6.07) is 16.4. The predicted molar refractivity (Wildman–Crippen MR) is 95.5 cm³/mol. The third-order valence-corrected chi connectivity index (χ3v) is 4.26. The second kappa shape index (κ2) is 7.63. The fourth-order valence-corrected chi connectivity index (χ4v) is 3.02. The highest BCUT2D eigenvalue weighted by Crippen LogP contribution is 2.37. The molecule has 1 heterocycles. The lowest BCUT2D eigenvalue weighted by Gasteiger charge is -2.09. The molecule has 25 heavy (non-hydrogen) atoms. The molecule has 7 nitrogen and oxygen atoms in total. The number of hydrogen-bond donors (Lipinski definition) is 1. The molecule has 1 N–H and O–H groups in total.